The van der Waals surface area contributed by atoms with E-state index in [-0.39, 0.29) is 16.2 Å². The minimum atomic E-state index is -4.01. The lowest BCUT2D eigenvalue weighted by atomic mass is 10.2. The number of carboxylic acid groups (broad SMARTS) is 1. The van der Waals surface area contributed by atoms with E-state index in [9.17, 15) is 18.3 Å². The second-order valence-electron chi connectivity index (χ2n) is 4.27. The summed E-state index contributed by atoms with van der Waals surface area (Å²) in [6, 6.07) is 9.95. The normalized spacial score (nSPS) is 11.0. The SMILES string of the molecule is COc1ccc(C(=O)[O-])cc1S(=O)(=O)Nc1ccc(Br)cc1. The Labute approximate surface area is 135 Å². The highest BCUT2D eigenvalue weighted by atomic mass is 79.9. The Morgan fingerprint density at radius 3 is 2.36 bits per heavy atom. The number of sulfonamides is 1. The zero-order valence-corrected chi connectivity index (χ0v) is 13.8. The van der Waals surface area contributed by atoms with Crippen LogP contribution >= 0.6 is 15.9 Å². The summed E-state index contributed by atoms with van der Waals surface area (Å²) in [7, 11) is -2.71. The average molecular weight is 385 g/mol. The quantitative estimate of drug-likeness (QED) is 0.844. The van der Waals surface area contributed by atoms with Crippen molar-refractivity contribution in [1.29, 1.82) is 0 Å². The molecule has 0 spiro atoms. The van der Waals surface area contributed by atoms with Crippen LogP contribution in [-0.2, 0) is 10.0 Å². The number of carboxylic acids is 1. The fourth-order valence-corrected chi connectivity index (χ4v) is 3.26. The second-order valence-corrected chi connectivity index (χ2v) is 6.83. The molecule has 0 radical (unpaired) electrons. The predicted octanol–water partition coefficient (Wildman–Crippen LogP) is 1.62. The number of aromatic carboxylic acids is 1. The molecule has 0 heterocycles. The van der Waals surface area contributed by atoms with Gasteiger partial charge in [0.2, 0.25) is 0 Å². The number of methoxy groups -OCH3 is 1. The van der Waals surface area contributed by atoms with Crippen LogP contribution in [-0.4, -0.2) is 21.5 Å². The van der Waals surface area contributed by atoms with Crippen molar-refractivity contribution < 1.29 is 23.1 Å². The van der Waals surface area contributed by atoms with Gasteiger partial charge in [0.05, 0.1) is 13.1 Å². The van der Waals surface area contributed by atoms with Crippen molar-refractivity contribution in [2.45, 2.75) is 4.90 Å². The molecule has 6 nitrogen and oxygen atoms in total. The monoisotopic (exact) mass is 384 g/mol. The summed E-state index contributed by atoms with van der Waals surface area (Å²) in [6.45, 7) is 0. The van der Waals surface area contributed by atoms with Crippen LogP contribution in [0.2, 0.25) is 0 Å². The number of carbonyl (C=O) groups is 1. The van der Waals surface area contributed by atoms with Crippen LogP contribution in [0.5, 0.6) is 5.75 Å². The van der Waals surface area contributed by atoms with E-state index in [0.29, 0.717) is 5.69 Å². The number of ether oxygens (including phenoxy) is 1. The molecule has 0 aliphatic rings. The van der Waals surface area contributed by atoms with Crippen LogP contribution in [0, 0.1) is 0 Å². The third-order valence-corrected chi connectivity index (χ3v) is 4.72. The maximum atomic E-state index is 12.4. The first-order valence-electron chi connectivity index (χ1n) is 6.01. The van der Waals surface area contributed by atoms with Crippen LogP contribution in [0.4, 0.5) is 5.69 Å². The molecule has 22 heavy (non-hydrogen) atoms. The first-order chi connectivity index (χ1) is 10.3. The minimum Gasteiger partial charge on any atom is -0.545 e. The molecule has 0 amide bonds. The third-order valence-electron chi connectivity index (χ3n) is 2.79. The average Bonchev–Trinajstić information content (AvgIpc) is 2.48. The van der Waals surface area contributed by atoms with Gasteiger partial charge in [-0.2, -0.15) is 0 Å². The molecule has 0 unspecified atom stereocenters. The molecule has 0 aliphatic carbocycles. The summed E-state index contributed by atoms with van der Waals surface area (Å²) in [5.41, 5.74) is 0.0843. The first-order valence-corrected chi connectivity index (χ1v) is 8.29. The molecule has 2 aromatic carbocycles. The molecule has 0 aliphatic heterocycles. The molecule has 8 heteroatoms. The van der Waals surface area contributed by atoms with Gasteiger partial charge in [0, 0.05) is 10.2 Å². The lowest BCUT2D eigenvalue weighted by molar-refractivity contribution is -0.255. The van der Waals surface area contributed by atoms with Crippen molar-refractivity contribution in [2.75, 3.05) is 11.8 Å². The summed E-state index contributed by atoms with van der Waals surface area (Å²) in [5, 5.41) is 10.9. The zero-order chi connectivity index (χ0) is 16.3. The van der Waals surface area contributed by atoms with Gasteiger partial charge in [-0.15, -0.1) is 0 Å². The molecule has 2 aromatic rings. The highest BCUT2D eigenvalue weighted by molar-refractivity contribution is 9.10. The van der Waals surface area contributed by atoms with Gasteiger partial charge < -0.3 is 14.6 Å². The second kappa shape index (κ2) is 6.37. The summed E-state index contributed by atoms with van der Waals surface area (Å²) in [5.74, 6) is -1.43. The number of nitrogens with one attached hydrogen (secondary N) is 1. The Morgan fingerprint density at radius 2 is 1.82 bits per heavy atom. The summed E-state index contributed by atoms with van der Waals surface area (Å²) >= 11 is 3.25. The van der Waals surface area contributed by atoms with E-state index in [0.717, 1.165) is 10.5 Å². The third kappa shape index (κ3) is 3.58. The van der Waals surface area contributed by atoms with Crippen molar-refractivity contribution in [1.82, 2.24) is 0 Å². The van der Waals surface area contributed by atoms with Gasteiger partial charge in [-0.1, -0.05) is 15.9 Å². The predicted molar refractivity (Wildman–Crippen MR) is 82.3 cm³/mol. The number of benzene rings is 2. The number of halogens is 1. The highest BCUT2D eigenvalue weighted by Crippen LogP contribution is 2.27. The topological polar surface area (TPSA) is 95.5 Å². The summed E-state index contributed by atoms with van der Waals surface area (Å²) in [4.78, 5) is 10.6. The maximum Gasteiger partial charge on any atom is 0.265 e. The van der Waals surface area contributed by atoms with Crippen molar-refractivity contribution >= 4 is 37.6 Å². The van der Waals surface area contributed by atoms with E-state index in [1.807, 2.05) is 0 Å². The lowest BCUT2D eigenvalue weighted by Crippen LogP contribution is -2.23. The zero-order valence-electron chi connectivity index (χ0n) is 11.4. The number of anilines is 1. The summed E-state index contributed by atoms with van der Waals surface area (Å²) in [6.07, 6.45) is 0. The maximum absolute atomic E-state index is 12.4. The van der Waals surface area contributed by atoms with Crippen molar-refractivity contribution in [3.8, 4) is 5.75 Å². The largest absolute Gasteiger partial charge is 0.545 e. The molecule has 0 saturated carbocycles. The Bertz CT molecular complexity index is 802. The first kappa shape index (κ1) is 16.3. The number of carbonyl (C=O) groups excluding carboxylic acids is 1. The van der Waals surface area contributed by atoms with Gasteiger partial charge in [-0.05, 0) is 48.0 Å². The van der Waals surface area contributed by atoms with E-state index < -0.39 is 16.0 Å². The fourth-order valence-electron chi connectivity index (χ4n) is 1.74. The number of hydrogen-bond donors (Lipinski definition) is 1. The lowest BCUT2D eigenvalue weighted by Gasteiger charge is -2.13. The van der Waals surface area contributed by atoms with Crippen molar-refractivity contribution in [3.05, 3.63) is 52.5 Å². The Morgan fingerprint density at radius 1 is 1.18 bits per heavy atom. The Balaban J connectivity index is 2.45. The molecular weight excluding hydrogens is 374 g/mol. The van der Waals surface area contributed by atoms with Crippen LogP contribution in [0.1, 0.15) is 10.4 Å². The molecule has 116 valence electrons. The van der Waals surface area contributed by atoms with Crippen molar-refractivity contribution in [3.63, 3.8) is 0 Å². The molecule has 1 N–H and O–H groups in total. The molecule has 0 atom stereocenters. The molecule has 0 saturated heterocycles. The van der Waals surface area contributed by atoms with Gasteiger partial charge in [0.25, 0.3) is 10.0 Å². The van der Waals surface area contributed by atoms with Gasteiger partial charge in [0.15, 0.2) is 0 Å². The van der Waals surface area contributed by atoms with E-state index in [4.69, 9.17) is 4.74 Å². The molecule has 0 bridgehead atoms. The Kier molecular flexibility index (Phi) is 4.72. The summed E-state index contributed by atoms with van der Waals surface area (Å²) < 4.78 is 33.0. The molecule has 0 fully saturated rings. The molecular formula is C14H11BrNO5S-. The van der Waals surface area contributed by atoms with E-state index in [1.165, 1.54) is 19.2 Å². The van der Waals surface area contributed by atoms with Crippen molar-refractivity contribution in [2.24, 2.45) is 0 Å². The number of hydrogen-bond acceptors (Lipinski definition) is 5. The highest BCUT2D eigenvalue weighted by Gasteiger charge is 2.20. The molecule has 2 rings (SSSR count). The van der Waals surface area contributed by atoms with Gasteiger partial charge in [0.1, 0.15) is 10.6 Å². The smallest absolute Gasteiger partial charge is 0.265 e. The van der Waals surface area contributed by atoms with Crippen LogP contribution in [0.25, 0.3) is 0 Å². The number of rotatable bonds is 5. The van der Waals surface area contributed by atoms with Crippen LogP contribution in [0.15, 0.2) is 51.8 Å². The van der Waals surface area contributed by atoms with Crippen LogP contribution in [0.3, 0.4) is 0 Å². The van der Waals surface area contributed by atoms with E-state index in [2.05, 4.69) is 20.7 Å². The minimum absolute atomic E-state index is 0.0367. The van der Waals surface area contributed by atoms with E-state index in [1.54, 1.807) is 24.3 Å². The van der Waals surface area contributed by atoms with Gasteiger partial charge in [-0.25, -0.2) is 8.42 Å². The molecule has 0 aromatic heterocycles. The van der Waals surface area contributed by atoms with Gasteiger partial charge in [-0.3, -0.25) is 4.72 Å². The van der Waals surface area contributed by atoms with Gasteiger partial charge >= 0.3 is 0 Å². The fraction of sp³-hybridized carbons (Fsp3) is 0.0714. The standard InChI is InChI=1S/C14H12BrNO5S/c1-21-12-7-2-9(14(17)18)8-13(12)22(19,20)16-11-5-3-10(15)4-6-11/h2-8,16H,1H3,(H,17,18)/p-1. The van der Waals surface area contributed by atoms with E-state index >= 15 is 0 Å². The van der Waals surface area contributed by atoms with Crippen LogP contribution < -0.4 is 14.6 Å². The Hall–Kier alpha value is -2.06.